The zero-order valence-electron chi connectivity index (χ0n) is 16.2. The van der Waals surface area contributed by atoms with E-state index in [9.17, 15) is 14.7 Å². The van der Waals surface area contributed by atoms with Crippen LogP contribution in [-0.2, 0) is 9.59 Å². The van der Waals surface area contributed by atoms with Gasteiger partial charge in [0.2, 0.25) is 0 Å². The smallest absolute Gasteiger partial charge is 0.171 e. The number of benzene rings is 2. The molecule has 2 aromatic carbocycles. The van der Waals surface area contributed by atoms with Crippen molar-refractivity contribution in [1.29, 1.82) is 0 Å². The molecule has 1 aliphatic heterocycles. The summed E-state index contributed by atoms with van der Waals surface area (Å²) >= 11 is 11.6. The monoisotopic (exact) mass is 445 g/mol. The molecule has 0 saturated heterocycles. The number of Topliss-reactive ketones (excluding diaryl/α,β-unsaturated/α-hetero) is 1. The quantitative estimate of drug-likeness (QED) is 0.624. The first kappa shape index (κ1) is 21.6. The second-order valence-corrected chi connectivity index (χ2v) is 7.27. The number of ketones is 1. The highest BCUT2D eigenvalue weighted by Crippen LogP contribution is 2.42. The van der Waals surface area contributed by atoms with E-state index in [1.807, 2.05) is 30.3 Å². The summed E-state index contributed by atoms with van der Waals surface area (Å²) < 4.78 is 10.8. The minimum absolute atomic E-state index is 0.125. The molecule has 0 spiro atoms. The summed E-state index contributed by atoms with van der Waals surface area (Å²) in [7, 11) is 1.40. The summed E-state index contributed by atoms with van der Waals surface area (Å²) in [5.41, 5.74) is 2.10. The first-order valence-corrected chi connectivity index (χ1v) is 9.68. The Balaban J connectivity index is 2.24. The molecule has 156 valence electrons. The van der Waals surface area contributed by atoms with Crippen LogP contribution in [0.25, 0.3) is 5.70 Å². The van der Waals surface area contributed by atoms with Crippen LogP contribution in [0.3, 0.4) is 0 Å². The summed E-state index contributed by atoms with van der Waals surface area (Å²) in [6.45, 7) is 0.734. The van der Waals surface area contributed by atoms with Gasteiger partial charge in [0.1, 0.15) is 6.61 Å². The third-order valence-corrected chi connectivity index (χ3v) is 4.87. The molecule has 0 fully saturated rings. The average Bonchev–Trinajstić information content (AvgIpc) is 2.71. The van der Waals surface area contributed by atoms with Crippen LogP contribution in [0.2, 0.25) is 5.02 Å². The molecule has 0 aliphatic carbocycles. The fraction of sp³-hybridized carbons (Fsp3) is 0.190. The largest absolute Gasteiger partial charge is 0.546 e. The van der Waals surface area contributed by atoms with Crippen LogP contribution in [0.15, 0.2) is 48.0 Å². The van der Waals surface area contributed by atoms with Crippen LogP contribution >= 0.6 is 23.8 Å². The lowest BCUT2D eigenvalue weighted by Crippen LogP contribution is -2.44. The van der Waals surface area contributed by atoms with Gasteiger partial charge in [0.25, 0.3) is 0 Å². The number of nitrogens with one attached hydrogen (secondary N) is 2. The number of carboxylic acids is 1. The predicted octanol–water partition coefficient (Wildman–Crippen LogP) is 2.00. The molecule has 2 N–H and O–H groups in total. The number of hydrogen-bond donors (Lipinski definition) is 2. The second-order valence-electron chi connectivity index (χ2n) is 6.43. The minimum atomic E-state index is -1.40. The Morgan fingerprint density at radius 2 is 1.93 bits per heavy atom. The van der Waals surface area contributed by atoms with E-state index in [0.717, 1.165) is 5.56 Å². The molecule has 0 bridgehead atoms. The van der Waals surface area contributed by atoms with Crippen molar-refractivity contribution in [3.05, 3.63) is 64.2 Å². The van der Waals surface area contributed by atoms with Gasteiger partial charge in [0.05, 0.1) is 24.8 Å². The molecule has 30 heavy (non-hydrogen) atoms. The van der Waals surface area contributed by atoms with E-state index in [1.165, 1.54) is 20.1 Å². The summed E-state index contributed by atoms with van der Waals surface area (Å²) in [6, 6.07) is 11.6. The minimum Gasteiger partial charge on any atom is -0.546 e. The van der Waals surface area contributed by atoms with Gasteiger partial charge in [0, 0.05) is 22.2 Å². The van der Waals surface area contributed by atoms with Gasteiger partial charge in [-0.05, 0) is 30.8 Å². The van der Waals surface area contributed by atoms with E-state index in [2.05, 4.69) is 10.6 Å². The highest BCUT2D eigenvalue weighted by atomic mass is 35.5. The molecule has 1 atom stereocenters. The third-order valence-electron chi connectivity index (χ3n) is 4.43. The van der Waals surface area contributed by atoms with Crippen LogP contribution in [0.5, 0.6) is 11.5 Å². The lowest BCUT2D eigenvalue weighted by atomic mass is 9.90. The summed E-state index contributed by atoms with van der Waals surface area (Å²) in [6.07, 6.45) is 0. The molecule has 0 unspecified atom stereocenters. The number of carbonyl (C=O) groups is 2. The predicted molar refractivity (Wildman–Crippen MR) is 114 cm³/mol. The Bertz CT molecular complexity index is 1040. The lowest BCUT2D eigenvalue weighted by Gasteiger charge is -2.32. The van der Waals surface area contributed by atoms with Crippen molar-refractivity contribution in [3.8, 4) is 11.5 Å². The summed E-state index contributed by atoms with van der Waals surface area (Å²) in [4.78, 5) is 23.7. The van der Waals surface area contributed by atoms with E-state index in [0.29, 0.717) is 21.9 Å². The zero-order valence-corrected chi connectivity index (χ0v) is 17.7. The maximum absolute atomic E-state index is 12.7. The number of halogens is 1. The summed E-state index contributed by atoms with van der Waals surface area (Å²) in [5, 5.41) is 17.7. The van der Waals surface area contributed by atoms with Crippen LogP contribution in [0, 0.1) is 0 Å². The fourth-order valence-electron chi connectivity index (χ4n) is 3.25. The second kappa shape index (κ2) is 9.15. The molecule has 0 saturated carbocycles. The molecular weight excluding hydrogens is 428 g/mol. The van der Waals surface area contributed by atoms with Gasteiger partial charge in [-0.3, -0.25) is 4.79 Å². The van der Waals surface area contributed by atoms with E-state index in [4.69, 9.17) is 33.3 Å². The van der Waals surface area contributed by atoms with Crippen LogP contribution < -0.4 is 25.2 Å². The number of methoxy groups -OCH3 is 1. The maximum Gasteiger partial charge on any atom is 0.171 e. The van der Waals surface area contributed by atoms with E-state index in [-0.39, 0.29) is 22.4 Å². The molecule has 3 rings (SSSR count). The first-order valence-electron chi connectivity index (χ1n) is 8.90. The highest BCUT2D eigenvalue weighted by Gasteiger charge is 2.33. The average molecular weight is 446 g/mol. The van der Waals surface area contributed by atoms with Crippen molar-refractivity contribution >= 4 is 46.4 Å². The number of carbonyl (C=O) groups excluding carboxylic acids is 2. The molecular formula is C21H18ClN2O5S-. The Morgan fingerprint density at radius 3 is 2.53 bits per heavy atom. The van der Waals surface area contributed by atoms with E-state index in [1.54, 1.807) is 6.07 Å². The Hall–Kier alpha value is -3.10. The molecule has 7 nitrogen and oxygen atoms in total. The number of hydrogen-bond acceptors (Lipinski definition) is 6. The third kappa shape index (κ3) is 4.55. The molecule has 0 radical (unpaired) electrons. The Kier molecular flexibility index (Phi) is 6.59. The molecule has 0 amide bonds. The molecule has 0 aromatic heterocycles. The highest BCUT2D eigenvalue weighted by molar-refractivity contribution is 7.80. The van der Waals surface area contributed by atoms with Gasteiger partial charge < -0.3 is 30.0 Å². The zero-order chi connectivity index (χ0) is 21.8. The van der Waals surface area contributed by atoms with Crippen molar-refractivity contribution < 1.29 is 24.2 Å². The lowest BCUT2D eigenvalue weighted by molar-refractivity contribution is -0.307. The molecule has 9 heteroatoms. The van der Waals surface area contributed by atoms with Gasteiger partial charge in [-0.15, -0.1) is 0 Å². The van der Waals surface area contributed by atoms with Gasteiger partial charge in [-0.1, -0.05) is 41.9 Å². The van der Waals surface area contributed by atoms with Gasteiger partial charge in [-0.2, -0.15) is 0 Å². The van der Waals surface area contributed by atoms with Crippen LogP contribution in [0.4, 0.5) is 0 Å². The standard InChI is InChI=1S/C21H19ClN2O5S/c1-11(25)17-18(12-6-4-3-5-7-12)23-21(30)24-19(17)14-8-13(22)9-15(28-2)20(14)29-10-16(26)27/h3-9,19H,10H2,1-2H3,(H,26,27)(H2,23,24,30)/p-1/t19-/m1/s1. The number of thiocarbonyl (C=S) groups is 1. The van der Waals surface area contributed by atoms with Crippen molar-refractivity contribution in [2.75, 3.05) is 13.7 Å². The van der Waals surface area contributed by atoms with Crippen molar-refractivity contribution in [2.45, 2.75) is 13.0 Å². The number of aliphatic carboxylic acids is 1. The Labute approximate surface area is 183 Å². The number of rotatable bonds is 7. The van der Waals surface area contributed by atoms with E-state index < -0.39 is 18.6 Å². The number of ether oxygens (including phenoxy) is 2. The maximum atomic E-state index is 12.7. The van der Waals surface area contributed by atoms with Gasteiger partial charge in [-0.25, -0.2) is 0 Å². The molecule has 1 aliphatic rings. The Morgan fingerprint density at radius 1 is 1.23 bits per heavy atom. The van der Waals surface area contributed by atoms with Crippen molar-refractivity contribution in [1.82, 2.24) is 10.6 Å². The van der Waals surface area contributed by atoms with Crippen LogP contribution in [0.1, 0.15) is 24.1 Å². The fourth-order valence-corrected chi connectivity index (χ4v) is 3.69. The van der Waals surface area contributed by atoms with Gasteiger partial charge in [0.15, 0.2) is 22.4 Å². The van der Waals surface area contributed by atoms with Gasteiger partial charge >= 0.3 is 0 Å². The van der Waals surface area contributed by atoms with E-state index >= 15 is 0 Å². The van der Waals surface area contributed by atoms with Crippen molar-refractivity contribution in [3.63, 3.8) is 0 Å². The van der Waals surface area contributed by atoms with Crippen LogP contribution in [-0.4, -0.2) is 30.6 Å². The molecule has 1 heterocycles. The first-order chi connectivity index (χ1) is 14.3. The number of carboxylic acid groups (broad SMARTS) is 1. The normalized spacial score (nSPS) is 15.8. The topological polar surface area (TPSA) is 99.7 Å². The SMILES string of the molecule is COc1cc(Cl)cc([C@H]2NC(=S)NC(c3ccccc3)=C2C(C)=O)c1OCC(=O)[O-]. The summed E-state index contributed by atoms with van der Waals surface area (Å²) in [5.74, 6) is -1.28. The van der Waals surface area contributed by atoms with Crippen molar-refractivity contribution in [2.24, 2.45) is 0 Å². The molecule has 2 aromatic rings.